The molecule has 2 fully saturated rings. The van der Waals surface area contributed by atoms with Crippen molar-refractivity contribution in [3.63, 3.8) is 0 Å². The van der Waals surface area contributed by atoms with E-state index in [0.29, 0.717) is 23.8 Å². The number of allylic oxidation sites excluding steroid dienone is 1. The number of hydrogen-bond acceptors (Lipinski definition) is 4. The summed E-state index contributed by atoms with van der Waals surface area (Å²) in [5.74, 6) is 0.961. The van der Waals surface area contributed by atoms with Gasteiger partial charge >= 0.3 is 0 Å². The number of alkyl halides is 1. The Bertz CT molecular complexity index is 449. The molecule has 26 heavy (non-hydrogen) atoms. The molecular formula is C21H35BrO4. The monoisotopic (exact) mass is 430 g/mol. The molecule has 0 aromatic carbocycles. The van der Waals surface area contributed by atoms with Gasteiger partial charge in [0.15, 0.2) is 12.6 Å². The Kier molecular flexibility index (Phi) is 9.31. The van der Waals surface area contributed by atoms with E-state index in [9.17, 15) is 0 Å². The molecule has 5 heteroatoms. The van der Waals surface area contributed by atoms with Crippen molar-refractivity contribution in [2.45, 2.75) is 71.2 Å². The van der Waals surface area contributed by atoms with E-state index in [-0.39, 0.29) is 30.7 Å². The highest BCUT2D eigenvalue weighted by atomic mass is 79.9. The van der Waals surface area contributed by atoms with Crippen molar-refractivity contribution in [3.8, 4) is 0 Å². The van der Waals surface area contributed by atoms with Crippen molar-refractivity contribution < 1.29 is 18.9 Å². The van der Waals surface area contributed by atoms with Gasteiger partial charge in [-0.25, -0.2) is 0 Å². The van der Waals surface area contributed by atoms with Crippen molar-refractivity contribution in [2.24, 2.45) is 17.8 Å². The zero-order valence-corrected chi connectivity index (χ0v) is 18.1. The molecular weight excluding hydrogens is 396 g/mol. The van der Waals surface area contributed by atoms with Gasteiger partial charge in [0, 0.05) is 19.1 Å². The highest BCUT2D eigenvalue weighted by molar-refractivity contribution is 9.09. The summed E-state index contributed by atoms with van der Waals surface area (Å²) in [5.41, 5.74) is 1.18. The van der Waals surface area contributed by atoms with E-state index in [1.807, 2.05) is 13.0 Å². The smallest absolute Gasteiger partial charge is 0.167 e. The minimum atomic E-state index is -0.275. The van der Waals surface area contributed by atoms with E-state index in [4.69, 9.17) is 18.9 Å². The quantitative estimate of drug-likeness (QED) is 0.275. The van der Waals surface area contributed by atoms with Gasteiger partial charge in [-0.1, -0.05) is 41.1 Å². The standard InChI is InChI=1S/C21H35BrO4/c1-6-17(25-20(13-22)23-7-2)21-15(5)18(12-16(21)14(3)4)26-19-10-8-9-11-24-19/h6,15-21H,1,3,7-13H2,2,4-5H3/t15-,16+,17+,18-,19?,20?,21+/m1/s1. The third-order valence-electron chi connectivity index (χ3n) is 5.64. The molecule has 4 nitrogen and oxygen atoms in total. The van der Waals surface area contributed by atoms with Crippen LogP contribution in [0.2, 0.25) is 0 Å². The average Bonchev–Trinajstić information content (AvgIpc) is 2.96. The Morgan fingerprint density at radius 3 is 2.69 bits per heavy atom. The van der Waals surface area contributed by atoms with Crippen LogP contribution < -0.4 is 0 Å². The van der Waals surface area contributed by atoms with Crippen molar-refractivity contribution in [2.75, 3.05) is 18.5 Å². The van der Waals surface area contributed by atoms with E-state index < -0.39 is 0 Å². The fourth-order valence-electron chi connectivity index (χ4n) is 4.27. The highest BCUT2D eigenvalue weighted by Crippen LogP contribution is 2.46. The lowest BCUT2D eigenvalue weighted by Crippen LogP contribution is -2.36. The molecule has 0 aromatic rings. The molecule has 0 amide bonds. The molecule has 1 saturated carbocycles. The van der Waals surface area contributed by atoms with E-state index >= 15 is 0 Å². The zero-order valence-electron chi connectivity index (χ0n) is 16.5. The first kappa shape index (κ1) is 22.1. The summed E-state index contributed by atoms with van der Waals surface area (Å²) in [6, 6.07) is 0. The first-order chi connectivity index (χ1) is 12.5. The van der Waals surface area contributed by atoms with E-state index in [0.717, 1.165) is 25.9 Å². The Balaban J connectivity index is 2.09. The van der Waals surface area contributed by atoms with Crippen LogP contribution in [0.1, 0.15) is 46.5 Å². The van der Waals surface area contributed by atoms with Crippen LogP contribution in [0.4, 0.5) is 0 Å². The maximum Gasteiger partial charge on any atom is 0.167 e. The molecule has 150 valence electrons. The molecule has 1 aliphatic carbocycles. The van der Waals surface area contributed by atoms with Crippen molar-refractivity contribution >= 4 is 15.9 Å². The second-order valence-electron chi connectivity index (χ2n) is 7.47. The van der Waals surface area contributed by atoms with Gasteiger partial charge in [0.05, 0.1) is 17.5 Å². The van der Waals surface area contributed by atoms with Gasteiger partial charge in [-0.05, 0) is 51.4 Å². The van der Waals surface area contributed by atoms with Gasteiger partial charge in [-0.2, -0.15) is 0 Å². The number of ether oxygens (including phenoxy) is 4. The Morgan fingerprint density at radius 1 is 1.38 bits per heavy atom. The summed E-state index contributed by atoms with van der Waals surface area (Å²) in [6.07, 6.45) is 5.89. The number of hydrogen-bond donors (Lipinski definition) is 0. The lowest BCUT2D eigenvalue weighted by Gasteiger charge is -2.33. The fraction of sp³-hybridized carbons (Fsp3) is 0.810. The summed E-state index contributed by atoms with van der Waals surface area (Å²) in [7, 11) is 0. The predicted octanol–water partition coefficient (Wildman–Crippen LogP) is 5.08. The summed E-state index contributed by atoms with van der Waals surface area (Å²) in [5, 5.41) is 0.639. The second-order valence-corrected chi connectivity index (χ2v) is 8.12. The molecule has 7 atom stereocenters. The Labute approximate surface area is 167 Å². The van der Waals surface area contributed by atoms with Gasteiger partial charge in [0.2, 0.25) is 0 Å². The Morgan fingerprint density at radius 2 is 2.15 bits per heavy atom. The first-order valence-corrected chi connectivity index (χ1v) is 11.0. The molecule has 0 aromatic heterocycles. The van der Waals surface area contributed by atoms with Crippen molar-refractivity contribution in [3.05, 3.63) is 24.8 Å². The van der Waals surface area contributed by atoms with Crippen LogP contribution in [0, 0.1) is 17.8 Å². The fourth-order valence-corrected chi connectivity index (χ4v) is 4.61. The minimum absolute atomic E-state index is 0.0671. The number of halogens is 1. The van der Waals surface area contributed by atoms with Gasteiger partial charge < -0.3 is 18.9 Å². The van der Waals surface area contributed by atoms with Crippen molar-refractivity contribution in [1.82, 2.24) is 0 Å². The summed E-state index contributed by atoms with van der Waals surface area (Å²) < 4.78 is 24.1. The molecule has 0 bridgehead atoms. The summed E-state index contributed by atoms with van der Waals surface area (Å²) >= 11 is 3.48. The molecule has 2 unspecified atom stereocenters. The molecule has 0 spiro atoms. The van der Waals surface area contributed by atoms with Crippen LogP contribution in [0.15, 0.2) is 24.8 Å². The van der Waals surface area contributed by atoms with Crippen LogP contribution in [0.25, 0.3) is 0 Å². The summed E-state index contributed by atoms with van der Waals surface area (Å²) in [4.78, 5) is 0. The maximum atomic E-state index is 6.35. The van der Waals surface area contributed by atoms with Gasteiger partial charge in [0.25, 0.3) is 0 Å². The van der Waals surface area contributed by atoms with Crippen LogP contribution in [0.3, 0.4) is 0 Å². The Hall–Kier alpha value is -0.200. The second kappa shape index (κ2) is 11.0. The van der Waals surface area contributed by atoms with Gasteiger partial charge in [-0.15, -0.1) is 6.58 Å². The lowest BCUT2D eigenvalue weighted by atomic mass is 9.82. The minimum Gasteiger partial charge on any atom is -0.353 e. The van der Waals surface area contributed by atoms with Gasteiger partial charge in [0.1, 0.15) is 0 Å². The third-order valence-corrected chi connectivity index (χ3v) is 6.17. The van der Waals surface area contributed by atoms with Crippen molar-refractivity contribution in [1.29, 1.82) is 0 Å². The van der Waals surface area contributed by atoms with Crippen LogP contribution in [0.5, 0.6) is 0 Å². The largest absolute Gasteiger partial charge is 0.353 e. The van der Waals surface area contributed by atoms with E-state index in [1.165, 1.54) is 12.0 Å². The molecule has 1 heterocycles. The molecule has 2 rings (SSSR count). The molecule has 0 N–H and O–H groups in total. The topological polar surface area (TPSA) is 36.9 Å². The zero-order chi connectivity index (χ0) is 19.1. The van der Waals surface area contributed by atoms with Gasteiger partial charge in [-0.3, -0.25) is 0 Å². The predicted molar refractivity (Wildman–Crippen MR) is 108 cm³/mol. The highest BCUT2D eigenvalue weighted by Gasteiger charge is 2.46. The SMILES string of the molecule is C=C[C@H](OC(CBr)OCC)[C@H]1[C@H](C)[C@H](OC2CCCCO2)C[C@H]1C(=C)C. The normalized spacial score (nSPS) is 34.4. The van der Waals surface area contributed by atoms with E-state index in [2.05, 4.69) is 42.9 Å². The first-order valence-electron chi connectivity index (χ1n) is 9.89. The molecule has 0 radical (unpaired) electrons. The van der Waals surface area contributed by atoms with Crippen LogP contribution in [-0.2, 0) is 18.9 Å². The lowest BCUT2D eigenvalue weighted by molar-refractivity contribution is -0.198. The average molecular weight is 431 g/mol. The maximum absolute atomic E-state index is 6.35. The molecule has 2 aliphatic rings. The van der Waals surface area contributed by atoms with Crippen LogP contribution in [-0.4, -0.2) is 43.3 Å². The number of rotatable bonds is 10. The molecule has 1 saturated heterocycles. The van der Waals surface area contributed by atoms with Crippen LogP contribution >= 0.6 is 15.9 Å². The van der Waals surface area contributed by atoms with E-state index in [1.54, 1.807) is 0 Å². The third kappa shape index (κ3) is 5.65. The summed E-state index contributed by atoms with van der Waals surface area (Å²) in [6.45, 7) is 16.0. The molecule has 1 aliphatic heterocycles.